The number of pyridine rings is 1. The first-order chi connectivity index (χ1) is 8.86. The van der Waals surface area contributed by atoms with Crippen LogP contribution in [-0.2, 0) is 4.79 Å². The van der Waals surface area contributed by atoms with Gasteiger partial charge in [-0.15, -0.1) is 0 Å². The van der Waals surface area contributed by atoms with E-state index in [4.69, 9.17) is 0 Å². The Morgan fingerprint density at radius 2 is 2.44 bits per heavy atom. The summed E-state index contributed by atoms with van der Waals surface area (Å²) in [5.74, 6) is 0.127. The third-order valence-corrected chi connectivity index (χ3v) is 3.01. The van der Waals surface area contributed by atoms with Gasteiger partial charge in [0.25, 0.3) is 0 Å². The van der Waals surface area contributed by atoms with Gasteiger partial charge in [-0.05, 0) is 30.9 Å². The highest BCUT2D eigenvalue weighted by atomic mass is 16.2. The van der Waals surface area contributed by atoms with Crippen molar-refractivity contribution in [1.29, 1.82) is 0 Å². The monoisotopic (exact) mass is 245 g/mol. The van der Waals surface area contributed by atoms with Crippen molar-refractivity contribution in [2.24, 2.45) is 0 Å². The van der Waals surface area contributed by atoms with Crippen LogP contribution >= 0.6 is 0 Å². The third kappa shape index (κ3) is 3.96. The molecule has 2 heterocycles. The lowest BCUT2D eigenvalue weighted by Gasteiger charge is -2.13. The molecule has 4 heteroatoms. The zero-order valence-corrected chi connectivity index (χ0v) is 10.4. The lowest BCUT2D eigenvalue weighted by molar-refractivity contribution is -0.122. The minimum atomic E-state index is -0.0500. The lowest BCUT2D eigenvalue weighted by Crippen LogP contribution is -2.42. The Morgan fingerprint density at radius 1 is 1.50 bits per heavy atom. The van der Waals surface area contributed by atoms with E-state index in [1.54, 1.807) is 6.20 Å². The van der Waals surface area contributed by atoms with Gasteiger partial charge in [-0.25, -0.2) is 0 Å². The van der Waals surface area contributed by atoms with Gasteiger partial charge < -0.3 is 10.6 Å². The predicted octanol–water partition coefficient (Wildman–Crippen LogP) is 1.35. The maximum Gasteiger partial charge on any atom is 0.237 e. The fourth-order valence-electron chi connectivity index (χ4n) is 2.01. The highest BCUT2D eigenvalue weighted by molar-refractivity contribution is 5.81. The van der Waals surface area contributed by atoms with Gasteiger partial charge in [0.15, 0.2) is 0 Å². The van der Waals surface area contributed by atoms with Crippen LogP contribution in [0, 0.1) is 0 Å². The van der Waals surface area contributed by atoms with Crippen LogP contribution in [0.2, 0.25) is 0 Å². The molecule has 1 aromatic heterocycles. The van der Waals surface area contributed by atoms with Gasteiger partial charge >= 0.3 is 0 Å². The molecule has 1 aliphatic rings. The van der Waals surface area contributed by atoms with E-state index in [1.807, 2.05) is 30.5 Å². The van der Waals surface area contributed by atoms with Gasteiger partial charge in [-0.1, -0.05) is 18.2 Å². The van der Waals surface area contributed by atoms with E-state index in [1.165, 1.54) is 0 Å². The fourth-order valence-corrected chi connectivity index (χ4v) is 2.01. The average Bonchev–Trinajstić information content (AvgIpc) is 2.61. The van der Waals surface area contributed by atoms with Crippen molar-refractivity contribution in [3.05, 3.63) is 36.2 Å². The second-order valence-corrected chi connectivity index (χ2v) is 4.44. The van der Waals surface area contributed by atoms with Crippen LogP contribution < -0.4 is 10.6 Å². The van der Waals surface area contributed by atoms with Crippen LogP contribution in [0.5, 0.6) is 0 Å². The van der Waals surface area contributed by atoms with Crippen LogP contribution in [0.25, 0.3) is 6.08 Å². The van der Waals surface area contributed by atoms with Gasteiger partial charge in [0.05, 0.1) is 6.04 Å². The zero-order valence-electron chi connectivity index (χ0n) is 10.4. The van der Waals surface area contributed by atoms with Crippen molar-refractivity contribution >= 4 is 12.0 Å². The number of carbonyl (C=O) groups is 1. The molecule has 96 valence electrons. The quantitative estimate of drug-likeness (QED) is 0.842. The van der Waals surface area contributed by atoms with Crippen LogP contribution in [0.4, 0.5) is 0 Å². The van der Waals surface area contributed by atoms with E-state index in [0.717, 1.165) is 31.4 Å². The highest BCUT2D eigenvalue weighted by Crippen LogP contribution is 2.05. The molecule has 2 N–H and O–H groups in total. The summed E-state index contributed by atoms with van der Waals surface area (Å²) in [6.45, 7) is 1.51. The summed E-state index contributed by atoms with van der Waals surface area (Å²) in [6.07, 6.45) is 10.7. The Hall–Kier alpha value is -1.68. The second-order valence-electron chi connectivity index (χ2n) is 4.44. The fraction of sp³-hybridized carbons (Fsp3) is 0.429. The van der Waals surface area contributed by atoms with E-state index in [-0.39, 0.29) is 11.9 Å². The first-order valence-corrected chi connectivity index (χ1v) is 6.44. The molecule has 4 nitrogen and oxygen atoms in total. The first kappa shape index (κ1) is 12.8. The molecule has 1 atom stereocenters. The SMILES string of the molecule is O=C1NCCCC[C@H]1NCC=Cc1cccnc1. The van der Waals surface area contributed by atoms with Crippen molar-refractivity contribution in [1.82, 2.24) is 15.6 Å². The summed E-state index contributed by atoms with van der Waals surface area (Å²) in [6, 6.07) is 3.86. The molecule has 1 aliphatic heterocycles. The zero-order chi connectivity index (χ0) is 12.6. The Bertz CT molecular complexity index is 403. The van der Waals surface area contributed by atoms with Gasteiger partial charge in [0, 0.05) is 25.5 Å². The molecular formula is C14H19N3O. The van der Waals surface area contributed by atoms with Gasteiger partial charge in [0.1, 0.15) is 0 Å². The number of hydrogen-bond acceptors (Lipinski definition) is 3. The molecule has 1 fully saturated rings. The first-order valence-electron chi connectivity index (χ1n) is 6.44. The van der Waals surface area contributed by atoms with Crippen LogP contribution in [-0.4, -0.2) is 30.0 Å². The summed E-state index contributed by atoms with van der Waals surface area (Å²) >= 11 is 0. The van der Waals surface area contributed by atoms with Crippen LogP contribution in [0.3, 0.4) is 0 Å². The average molecular weight is 245 g/mol. The normalized spacial score (nSPS) is 20.7. The molecule has 1 aromatic rings. The topological polar surface area (TPSA) is 54.0 Å². The molecule has 18 heavy (non-hydrogen) atoms. The molecule has 1 saturated heterocycles. The Morgan fingerprint density at radius 3 is 3.28 bits per heavy atom. The summed E-state index contributed by atoms with van der Waals surface area (Å²) in [4.78, 5) is 15.7. The molecule has 1 amide bonds. The number of nitrogens with one attached hydrogen (secondary N) is 2. The number of nitrogens with zero attached hydrogens (tertiary/aromatic N) is 1. The maximum absolute atomic E-state index is 11.7. The summed E-state index contributed by atoms with van der Waals surface area (Å²) in [5.41, 5.74) is 1.07. The Balaban J connectivity index is 1.77. The number of amides is 1. The minimum Gasteiger partial charge on any atom is -0.355 e. The van der Waals surface area contributed by atoms with E-state index in [9.17, 15) is 4.79 Å². The number of aromatic nitrogens is 1. The Kier molecular flexibility index (Phi) is 4.90. The van der Waals surface area contributed by atoms with E-state index in [0.29, 0.717) is 6.54 Å². The molecule has 0 bridgehead atoms. The predicted molar refractivity (Wildman–Crippen MR) is 71.9 cm³/mol. The molecular weight excluding hydrogens is 226 g/mol. The molecule has 0 saturated carbocycles. The van der Waals surface area contributed by atoms with Gasteiger partial charge in [0.2, 0.25) is 5.91 Å². The molecule has 0 spiro atoms. The number of hydrogen-bond donors (Lipinski definition) is 2. The number of carbonyl (C=O) groups excluding carboxylic acids is 1. The van der Waals surface area contributed by atoms with Crippen molar-refractivity contribution in [3.63, 3.8) is 0 Å². The maximum atomic E-state index is 11.7. The smallest absolute Gasteiger partial charge is 0.237 e. The lowest BCUT2D eigenvalue weighted by atomic mass is 10.1. The molecule has 0 aromatic carbocycles. The molecule has 2 rings (SSSR count). The van der Waals surface area contributed by atoms with E-state index in [2.05, 4.69) is 15.6 Å². The van der Waals surface area contributed by atoms with Crippen molar-refractivity contribution in [3.8, 4) is 0 Å². The summed E-state index contributed by atoms with van der Waals surface area (Å²) < 4.78 is 0. The second kappa shape index (κ2) is 6.91. The van der Waals surface area contributed by atoms with E-state index >= 15 is 0 Å². The van der Waals surface area contributed by atoms with Crippen molar-refractivity contribution in [2.45, 2.75) is 25.3 Å². The largest absolute Gasteiger partial charge is 0.355 e. The highest BCUT2D eigenvalue weighted by Gasteiger charge is 2.18. The standard InChI is InChI=1S/C14H19N3O/c18-14-13(7-1-2-9-17-14)16-10-4-6-12-5-3-8-15-11-12/h3-6,8,11,13,16H,1-2,7,9-10H2,(H,17,18)/t13-/m1/s1. The van der Waals surface area contributed by atoms with Crippen LogP contribution in [0.1, 0.15) is 24.8 Å². The van der Waals surface area contributed by atoms with Crippen molar-refractivity contribution in [2.75, 3.05) is 13.1 Å². The molecule has 0 aliphatic carbocycles. The van der Waals surface area contributed by atoms with Crippen LogP contribution in [0.15, 0.2) is 30.6 Å². The summed E-state index contributed by atoms with van der Waals surface area (Å²) in [5, 5.41) is 6.18. The summed E-state index contributed by atoms with van der Waals surface area (Å²) in [7, 11) is 0. The number of rotatable bonds is 4. The van der Waals surface area contributed by atoms with Gasteiger partial charge in [-0.3, -0.25) is 9.78 Å². The third-order valence-electron chi connectivity index (χ3n) is 3.01. The van der Waals surface area contributed by atoms with Crippen molar-refractivity contribution < 1.29 is 4.79 Å². The Labute approximate surface area is 108 Å². The van der Waals surface area contributed by atoms with Gasteiger partial charge in [-0.2, -0.15) is 0 Å². The van der Waals surface area contributed by atoms with E-state index < -0.39 is 0 Å². The molecule has 0 radical (unpaired) electrons. The molecule has 0 unspecified atom stereocenters. The minimum absolute atomic E-state index is 0.0500.